The zero-order chi connectivity index (χ0) is 15.4. The summed E-state index contributed by atoms with van der Waals surface area (Å²) in [7, 11) is 0. The molecule has 1 aliphatic heterocycles. The lowest BCUT2D eigenvalue weighted by atomic mass is 9.74. The van der Waals surface area contributed by atoms with Crippen LogP contribution >= 0.6 is 11.3 Å². The third kappa shape index (κ3) is 3.36. The summed E-state index contributed by atoms with van der Waals surface area (Å²) in [5.74, 6) is 0.0639. The van der Waals surface area contributed by atoms with Gasteiger partial charge in [0.1, 0.15) is 0 Å². The predicted octanol–water partition coefficient (Wildman–Crippen LogP) is 3.43. The van der Waals surface area contributed by atoms with E-state index in [9.17, 15) is 4.79 Å². The third-order valence-corrected chi connectivity index (χ3v) is 5.03. The number of aromatic nitrogens is 1. The molecule has 0 bridgehead atoms. The van der Waals surface area contributed by atoms with Crippen LogP contribution in [-0.2, 0) is 16.0 Å². The second kappa shape index (κ2) is 6.58. The average Bonchev–Trinajstić information content (AvgIpc) is 2.94. The number of nitrogens with one attached hydrogen (secondary N) is 1. The number of carbonyl (C=O) groups is 1. The van der Waals surface area contributed by atoms with Gasteiger partial charge in [0.2, 0.25) is 5.91 Å². The fourth-order valence-electron chi connectivity index (χ4n) is 2.87. The van der Waals surface area contributed by atoms with Crippen LogP contribution in [0.15, 0.2) is 35.7 Å². The first-order valence-electron chi connectivity index (χ1n) is 7.53. The highest BCUT2D eigenvalue weighted by Crippen LogP contribution is 2.36. The van der Waals surface area contributed by atoms with Crippen molar-refractivity contribution < 1.29 is 9.53 Å². The van der Waals surface area contributed by atoms with Crippen LogP contribution in [0, 0.1) is 12.3 Å². The van der Waals surface area contributed by atoms with E-state index >= 15 is 0 Å². The Balaban J connectivity index is 1.80. The Morgan fingerprint density at radius 2 is 2.05 bits per heavy atom. The average molecular weight is 316 g/mol. The number of thiazole rings is 1. The molecule has 5 heteroatoms. The van der Waals surface area contributed by atoms with Gasteiger partial charge in [-0.3, -0.25) is 4.79 Å². The lowest BCUT2D eigenvalue weighted by Gasteiger charge is -2.35. The molecule has 0 radical (unpaired) electrons. The summed E-state index contributed by atoms with van der Waals surface area (Å²) in [5.41, 5.74) is 1.72. The first-order chi connectivity index (χ1) is 10.7. The van der Waals surface area contributed by atoms with E-state index in [0.29, 0.717) is 18.3 Å². The molecule has 0 atom stereocenters. The first-order valence-corrected chi connectivity index (χ1v) is 8.41. The predicted molar refractivity (Wildman–Crippen MR) is 88.1 cm³/mol. The normalized spacial score (nSPS) is 17.1. The molecular weight excluding hydrogens is 296 g/mol. The van der Waals surface area contributed by atoms with Crippen LogP contribution < -0.4 is 5.32 Å². The van der Waals surface area contributed by atoms with Crippen molar-refractivity contribution in [1.29, 1.82) is 0 Å². The fraction of sp³-hybridized carbons (Fsp3) is 0.412. The SMILES string of the molecule is Cc1csc(NC(=O)C2(Cc3ccccc3)CCOCC2)n1. The minimum absolute atomic E-state index is 0.0639. The van der Waals surface area contributed by atoms with Gasteiger partial charge in [-0.05, 0) is 31.7 Å². The Morgan fingerprint density at radius 1 is 1.32 bits per heavy atom. The molecule has 116 valence electrons. The molecule has 0 saturated carbocycles. The fourth-order valence-corrected chi connectivity index (χ4v) is 3.56. The van der Waals surface area contributed by atoms with E-state index in [4.69, 9.17) is 4.74 Å². The summed E-state index contributed by atoms with van der Waals surface area (Å²) < 4.78 is 5.47. The van der Waals surface area contributed by atoms with Crippen LogP contribution in [0.2, 0.25) is 0 Å². The summed E-state index contributed by atoms with van der Waals surface area (Å²) >= 11 is 1.47. The van der Waals surface area contributed by atoms with Crippen LogP contribution in [0.4, 0.5) is 5.13 Å². The topological polar surface area (TPSA) is 51.2 Å². The molecule has 0 unspecified atom stereocenters. The van der Waals surface area contributed by atoms with Gasteiger partial charge in [-0.25, -0.2) is 4.98 Å². The third-order valence-electron chi connectivity index (χ3n) is 4.16. The van der Waals surface area contributed by atoms with Gasteiger partial charge < -0.3 is 10.1 Å². The molecule has 1 aliphatic rings. The van der Waals surface area contributed by atoms with Gasteiger partial charge in [0.25, 0.3) is 0 Å². The van der Waals surface area contributed by atoms with E-state index in [2.05, 4.69) is 22.4 Å². The van der Waals surface area contributed by atoms with Gasteiger partial charge in [0.15, 0.2) is 5.13 Å². The van der Waals surface area contributed by atoms with Crippen molar-refractivity contribution in [3.05, 3.63) is 47.0 Å². The molecule has 1 aromatic heterocycles. The van der Waals surface area contributed by atoms with Crippen molar-refractivity contribution in [2.24, 2.45) is 5.41 Å². The smallest absolute Gasteiger partial charge is 0.232 e. The maximum absolute atomic E-state index is 12.9. The maximum Gasteiger partial charge on any atom is 0.232 e. The summed E-state index contributed by atoms with van der Waals surface area (Å²) in [6, 6.07) is 10.2. The Morgan fingerprint density at radius 3 is 2.68 bits per heavy atom. The van der Waals surface area contributed by atoms with E-state index in [0.717, 1.165) is 25.0 Å². The molecule has 1 amide bonds. The van der Waals surface area contributed by atoms with Crippen molar-refractivity contribution in [2.45, 2.75) is 26.2 Å². The molecular formula is C17H20N2O2S. The largest absolute Gasteiger partial charge is 0.381 e. The molecule has 0 spiro atoms. The summed E-state index contributed by atoms with van der Waals surface area (Å²) in [5, 5.41) is 5.64. The number of ether oxygens (including phenoxy) is 1. The lowest BCUT2D eigenvalue weighted by Crippen LogP contribution is -2.42. The van der Waals surface area contributed by atoms with Crippen molar-refractivity contribution >= 4 is 22.4 Å². The molecule has 0 aliphatic carbocycles. The van der Waals surface area contributed by atoms with Crippen LogP contribution in [0.5, 0.6) is 0 Å². The van der Waals surface area contributed by atoms with Crippen molar-refractivity contribution in [2.75, 3.05) is 18.5 Å². The number of nitrogens with zero attached hydrogens (tertiary/aromatic N) is 1. The number of aryl methyl sites for hydroxylation is 1. The highest BCUT2D eigenvalue weighted by molar-refractivity contribution is 7.13. The van der Waals surface area contributed by atoms with E-state index < -0.39 is 5.41 Å². The second-order valence-electron chi connectivity index (χ2n) is 5.80. The first kappa shape index (κ1) is 15.2. The Bertz CT molecular complexity index is 633. The van der Waals surface area contributed by atoms with Crippen LogP contribution in [0.3, 0.4) is 0 Å². The number of anilines is 1. The van der Waals surface area contributed by atoms with E-state index in [1.807, 2.05) is 30.5 Å². The number of hydrogen-bond donors (Lipinski definition) is 1. The van der Waals surface area contributed by atoms with Gasteiger partial charge >= 0.3 is 0 Å². The second-order valence-corrected chi connectivity index (χ2v) is 6.66. The van der Waals surface area contributed by atoms with Crippen LogP contribution in [-0.4, -0.2) is 24.1 Å². The van der Waals surface area contributed by atoms with Crippen LogP contribution in [0.1, 0.15) is 24.1 Å². The molecule has 1 N–H and O–H groups in total. The van der Waals surface area contributed by atoms with Gasteiger partial charge in [-0.15, -0.1) is 11.3 Å². The minimum atomic E-state index is -0.404. The molecule has 3 rings (SSSR count). The zero-order valence-corrected chi connectivity index (χ0v) is 13.5. The summed E-state index contributed by atoms with van der Waals surface area (Å²) in [4.78, 5) is 17.2. The Hall–Kier alpha value is -1.72. The van der Waals surface area contributed by atoms with Crippen molar-refractivity contribution in [3.8, 4) is 0 Å². The lowest BCUT2D eigenvalue weighted by molar-refractivity contribution is -0.131. The monoisotopic (exact) mass is 316 g/mol. The van der Waals surface area contributed by atoms with Crippen molar-refractivity contribution in [3.63, 3.8) is 0 Å². The molecule has 4 nitrogen and oxygen atoms in total. The molecule has 1 saturated heterocycles. The molecule has 2 aromatic rings. The number of hydrogen-bond acceptors (Lipinski definition) is 4. The molecule has 22 heavy (non-hydrogen) atoms. The van der Waals surface area contributed by atoms with Gasteiger partial charge in [0, 0.05) is 18.6 Å². The summed E-state index contributed by atoms with van der Waals surface area (Å²) in [6.45, 7) is 3.20. The number of rotatable bonds is 4. The van der Waals surface area contributed by atoms with E-state index in [1.165, 1.54) is 16.9 Å². The quantitative estimate of drug-likeness (QED) is 0.940. The maximum atomic E-state index is 12.9. The highest BCUT2D eigenvalue weighted by Gasteiger charge is 2.40. The van der Waals surface area contributed by atoms with Crippen LogP contribution in [0.25, 0.3) is 0 Å². The van der Waals surface area contributed by atoms with Gasteiger partial charge in [0.05, 0.1) is 11.1 Å². The Labute approximate surface area is 134 Å². The van der Waals surface area contributed by atoms with Gasteiger partial charge in [-0.2, -0.15) is 0 Å². The number of carbonyl (C=O) groups excluding carboxylic acids is 1. The van der Waals surface area contributed by atoms with E-state index in [1.54, 1.807) is 0 Å². The molecule has 1 fully saturated rings. The Kier molecular flexibility index (Phi) is 4.55. The standard InChI is InChI=1S/C17H20N2O2S/c1-13-12-22-16(18-13)19-15(20)17(7-9-21-10-8-17)11-14-5-3-2-4-6-14/h2-6,12H,7-11H2,1H3,(H,18,19,20). The highest BCUT2D eigenvalue weighted by atomic mass is 32.1. The zero-order valence-electron chi connectivity index (χ0n) is 12.7. The number of amides is 1. The van der Waals surface area contributed by atoms with E-state index in [-0.39, 0.29) is 5.91 Å². The molecule has 1 aromatic carbocycles. The van der Waals surface area contributed by atoms with Gasteiger partial charge in [-0.1, -0.05) is 30.3 Å². The summed E-state index contributed by atoms with van der Waals surface area (Å²) in [6.07, 6.45) is 2.24. The minimum Gasteiger partial charge on any atom is -0.381 e. The van der Waals surface area contributed by atoms with Crippen molar-refractivity contribution in [1.82, 2.24) is 4.98 Å². The molecule has 2 heterocycles. The number of benzene rings is 1.